The molecule has 0 spiro atoms. The lowest BCUT2D eigenvalue weighted by molar-refractivity contribution is -0.126. The van der Waals surface area contributed by atoms with Gasteiger partial charge in [0.1, 0.15) is 0 Å². The van der Waals surface area contributed by atoms with E-state index in [2.05, 4.69) is 10.6 Å². The van der Waals surface area contributed by atoms with E-state index in [1.165, 1.54) is 0 Å². The van der Waals surface area contributed by atoms with Crippen molar-refractivity contribution >= 4 is 23.4 Å². The van der Waals surface area contributed by atoms with E-state index >= 15 is 0 Å². The van der Waals surface area contributed by atoms with Crippen molar-refractivity contribution in [3.05, 3.63) is 29.8 Å². The molecule has 0 bridgehead atoms. The lowest BCUT2D eigenvalue weighted by atomic mass is 9.95. The van der Waals surface area contributed by atoms with Crippen LogP contribution in [0.2, 0.25) is 0 Å². The third kappa shape index (κ3) is 6.85. The number of hydrogen-bond donors (Lipinski definition) is 2. The fraction of sp³-hybridized carbons (Fsp3) is 0.591. The van der Waals surface area contributed by atoms with Crippen LogP contribution in [0.1, 0.15) is 50.4 Å². The van der Waals surface area contributed by atoms with Crippen molar-refractivity contribution in [2.45, 2.75) is 40.0 Å². The number of piperidine rings is 1. The van der Waals surface area contributed by atoms with Gasteiger partial charge in [-0.3, -0.25) is 14.4 Å². The molecule has 1 atom stereocenters. The van der Waals surface area contributed by atoms with Crippen LogP contribution in [0.15, 0.2) is 24.3 Å². The standard InChI is InChI=1S/C22H33N3O4/c1-22(2,3)21(28)24-18-10-5-8-16(14-18)20(27)25-12-6-9-17(15-25)19(26)23-11-7-13-29-4/h5,8,10,14,17H,6-7,9,11-13,15H2,1-4H3,(H,23,26)(H,24,28). The number of carbonyl (C=O) groups is 3. The van der Waals surface area contributed by atoms with Crippen molar-refractivity contribution in [3.63, 3.8) is 0 Å². The van der Waals surface area contributed by atoms with Crippen molar-refractivity contribution in [2.75, 3.05) is 38.7 Å². The zero-order valence-corrected chi connectivity index (χ0v) is 17.9. The Hall–Kier alpha value is -2.41. The van der Waals surface area contributed by atoms with E-state index in [-0.39, 0.29) is 23.6 Å². The van der Waals surface area contributed by atoms with Gasteiger partial charge in [-0.2, -0.15) is 0 Å². The molecular formula is C22H33N3O4. The molecule has 1 unspecified atom stereocenters. The van der Waals surface area contributed by atoms with Gasteiger partial charge in [-0.1, -0.05) is 26.8 Å². The summed E-state index contributed by atoms with van der Waals surface area (Å²) in [5.74, 6) is -0.428. The minimum atomic E-state index is -0.517. The zero-order chi connectivity index (χ0) is 21.4. The van der Waals surface area contributed by atoms with Gasteiger partial charge in [0, 0.05) is 50.0 Å². The molecule has 1 aromatic carbocycles. The highest BCUT2D eigenvalue weighted by molar-refractivity contribution is 5.98. The number of amides is 3. The number of methoxy groups -OCH3 is 1. The van der Waals surface area contributed by atoms with E-state index < -0.39 is 5.41 Å². The predicted molar refractivity (Wildman–Crippen MR) is 113 cm³/mol. The molecule has 2 rings (SSSR count). The number of likely N-dealkylation sites (tertiary alicyclic amines) is 1. The summed E-state index contributed by atoms with van der Waals surface area (Å²) in [6.45, 7) is 7.74. The summed E-state index contributed by atoms with van der Waals surface area (Å²) in [4.78, 5) is 39.3. The molecule has 1 heterocycles. The molecule has 160 valence electrons. The van der Waals surface area contributed by atoms with E-state index in [1.807, 2.05) is 20.8 Å². The fourth-order valence-electron chi connectivity index (χ4n) is 3.18. The third-order valence-corrected chi connectivity index (χ3v) is 4.95. The van der Waals surface area contributed by atoms with E-state index in [0.29, 0.717) is 37.5 Å². The maximum Gasteiger partial charge on any atom is 0.253 e. The van der Waals surface area contributed by atoms with Crippen molar-refractivity contribution in [3.8, 4) is 0 Å². The molecule has 29 heavy (non-hydrogen) atoms. The van der Waals surface area contributed by atoms with Gasteiger partial charge in [0.15, 0.2) is 0 Å². The Kier molecular flexibility index (Phi) is 8.20. The summed E-state index contributed by atoms with van der Waals surface area (Å²) in [5.41, 5.74) is 0.592. The minimum Gasteiger partial charge on any atom is -0.385 e. The number of nitrogens with one attached hydrogen (secondary N) is 2. The first-order valence-corrected chi connectivity index (χ1v) is 10.2. The van der Waals surface area contributed by atoms with Gasteiger partial charge in [0.05, 0.1) is 5.92 Å². The minimum absolute atomic E-state index is 0.00945. The Morgan fingerprint density at radius 1 is 1.24 bits per heavy atom. The molecule has 0 aromatic heterocycles. The Morgan fingerprint density at radius 3 is 2.69 bits per heavy atom. The van der Waals surface area contributed by atoms with Gasteiger partial charge in [-0.15, -0.1) is 0 Å². The normalized spacial score (nSPS) is 17.0. The zero-order valence-electron chi connectivity index (χ0n) is 17.9. The van der Waals surface area contributed by atoms with E-state index in [0.717, 1.165) is 19.3 Å². The Bertz CT molecular complexity index is 727. The molecule has 7 heteroatoms. The van der Waals surface area contributed by atoms with E-state index in [1.54, 1.807) is 36.3 Å². The van der Waals surface area contributed by atoms with Gasteiger partial charge >= 0.3 is 0 Å². The molecule has 1 aliphatic heterocycles. The van der Waals surface area contributed by atoms with Crippen LogP contribution in [0.3, 0.4) is 0 Å². The lowest BCUT2D eigenvalue weighted by Gasteiger charge is -2.32. The van der Waals surface area contributed by atoms with Crippen LogP contribution < -0.4 is 10.6 Å². The molecule has 1 saturated heterocycles. The molecule has 0 aliphatic carbocycles. The number of benzene rings is 1. The van der Waals surface area contributed by atoms with Crippen molar-refractivity contribution in [1.82, 2.24) is 10.2 Å². The molecule has 7 nitrogen and oxygen atoms in total. The monoisotopic (exact) mass is 403 g/mol. The van der Waals surface area contributed by atoms with Gasteiger partial charge in [0.25, 0.3) is 5.91 Å². The number of ether oxygens (including phenoxy) is 1. The maximum absolute atomic E-state index is 13.0. The average Bonchev–Trinajstić information content (AvgIpc) is 2.70. The van der Waals surface area contributed by atoms with Crippen molar-refractivity contribution < 1.29 is 19.1 Å². The van der Waals surface area contributed by atoms with Crippen LogP contribution in [-0.4, -0.2) is 56.0 Å². The predicted octanol–water partition coefficient (Wildman–Crippen LogP) is 2.68. The van der Waals surface area contributed by atoms with Crippen molar-refractivity contribution in [2.24, 2.45) is 11.3 Å². The molecule has 3 amide bonds. The van der Waals surface area contributed by atoms with Crippen LogP contribution in [0, 0.1) is 11.3 Å². The van der Waals surface area contributed by atoms with Crippen molar-refractivity contribution in [1.29, 1.82) is 0 Å². The summed E-state index contributed by atoms with van der Waals surface area (Å²) in [5, 5.41) is 5.78. The van der Waals surface area contributed by atoms with Crippen LogP contribution >= 0.6 is 0 Å². The summed E-state index contributed by atoms with van der Waals surface area (Å²) >= 11 is 0. The largest absolute Gasteiger partial charge is 0.385 e. The summed E-state index contributed by atoms with van der Waals surface area (Å²) in [6, 6.07) is 6.96. The molecule has 0 saturated carbocycles. The molecule has 1 fully saturated rings. The second-order valence-corrected chi connectivity index (χ2v) is 8.51. The highest BCUT2D eigenvalue weighted by atomic mass is 16.5. The number of hydrogen-bond acceptors (Lipinski definition) is 4. The topological polar surface area (TPSA) is 87.7 Å². The van der Waals surface area contributed by atoms with Crippen LogP contribution in [0.25, 0.3) is 0 Å². The lowest BCUT2D eigenvalue weighted by Crippen LogP contribution is -2.45. The van der Waals surface area contributed by atoms with Gasteiger partial charge in [-0.05, 0) is 37.5 Å². The first-order valence-electron chi connectivity index (χ1n) is 10.2. The highest BCUT2D eigenvalue weighted by Gasteiger charge is 2.29. The summed E-state index contributed by atoms with van der Waals surface area (Å²) < 4.78 is 4.99. The number of anilines is 1. The first kappa shape index (κ1) is 22.9. The second-order valence-electron chi connectivity index (χ2n) is 8.51. The fourth-order valence-corrected chi connectivity index (χ4v) is 3.18. The smallest absolute Gasteiger partial charge is 0.253 e. The van der Waals surface area contributed by atoms with Gasteiger partial charge in [0.2, 0.25) is 11.8 Å². The Morgan fingerprint density at radius 2 is 2.00 bits per heavy atom. The number of carbonyl (C=O) groups excluding carboxylic acids is 3. The quantitative estimate of drug-likeness (QED) is 0.685. The number of nitrogens with zero attached hydrogens (tertiary/aromatic N) is 1. The second kappa shape index (κ2) is 10.4. The molecule has 2 N–H and O–H groups in total. The van der Waals surface area contributed by atoms with E-state index in [4.69, 9.17) is 4.74 Å². The van der Waals surface area contributed by atoms with Crippen LogP contribution in [0.5, 0.6) is 0 Å². The average molecular weight is 404 g/mol. The van der Waals surface area contributed by atoms with E-state index in [9.17, 15) is 14.4 Å². The first-order chi connectivity index (χ1) is 13.7. The SMILES string of the molecule is COCCCNC(=O)C1CCCN(C(=O)c2cccc(NC(=O)C(C)(C)C)c2)C1. The van der Waals surface area contributed by atoms with Crippen LogP contribution in [-0.2, 0) is 14.3 Å². The highest BCUT2D eigenvalue weighted by Crippen LogP contribution is 2.22. The van der Waals surface area contributed by atoms with Gasteiger partial charge in [-0.25, -0.2) is 0 Å². The van der Waals surface area contributed by atoms with Gasteiger partial charge < -0.3 is 20.3 Å². The molecule has 1 aliphatic rings. The molecule has 1 aromatic rings. The third-order valence-electron chi connectivity index (χ3n) is 4.95. The Balaban J connectivity index is 1.98. The van der Waals surface area contributed by atoms with Crippen LogP contribution in [0.4, 0.5) is 5.69 Å². The maximum atomic E-state index is 13.0. The Labute approximate surface area is 173 Å². The summed E-state index contributed by atoms with van der Waals surface area (Å²) in [7, 11) is 1.63. The molecular weight excluding hydrogens is 370 g/mol. The number of rotatable bonds is 7. The molecule has 0 radical (unpaired) electrons. The summed E-state index contributed by atoms with van der Waals surface area (Å²) in [6.07, 6.45) is 2.34.